The highest BCUT2D eigenvalue weighted by Crippen LogP contribution is 2.48. The number of amides is 1. The van der Waals surface area contributed by atoms with Gasteiger partial charge in [0.2, 0.25) is 0 Å². The van der Waals surface area contributed by atoms with Crippen LogP contribution < -0.4 is 4.90 Å². The number of hydrogen-bond acceptors (Lipinski definition) is 6. The van der Waals surface area contributed by atoms with Crippen LogP contribution in [0.1, 0.15) is 31.3 Å². The van der Waals surface area contributed by atoms with E-state index < -0.39 is 0 Å². The molecule has 3 heterocycles. The molecule has 1 aromatic heterocycles. The molecule has 7 heteroatoms. The maximum Gasteiger partial charge on any atom is 0.266 e. The molecule has 6 rings (SSSR count). The van der Waals surface area contributed by atoms with E-state index in [4.69, 9.17) is 4.99 Å². The number of aromatic nitrogens is 1. The molecule has 0 saturated carbocycles. The van der Waals surface area contributed by atoms with Crippen LogP contribution in [0.15, 0.2) is 94.5 Å². The minimum atomic E-state index is -0.206. The SMILES string of the molecule is CCN1C(=O)/C(=C/C=C2/N(C)c3ccc(-c4ccccc4)cc3C2(C)C)SC1=Nc1ccc2nc(C)sc2c1. The number of anilines is 1. The van der Waals surface area contributed by atoms with Crippen LogP contribution in [0.25, 0.3) is 21.3 Å². The van der Waals surface area contributed by atoms with E-state index in [1.165, 1.54) is 34.1 Å². The van der Waals surface area contributed by atoms with Gasteiger partial charge in [-0.25, -0.2) is 9.98 Å². The van der Waals surface area contributed by atoms with Crippen molar-refractivity contribution in [1.29, 1.82) is 0 Å². The Morgan fingerprint density at radius 2 is 1.79 bits per heavy atom. The Labute approximate surface area is 237 Å². The molecule has 5 nitrogen and oxygen atoms in total. The van der Waals surface area contributed by atoms with Gasteiger partial charge in [0.15, 0.2) is 5.17 Å². The minimum Gasteiger partial charge on any atom is -0.347 e. The lowest BCUT2D eigenvalue weighted by molar-refractivity contribution is -0.122. The Morgan fingerprint density at radius 3 is 2.56 bits per heavy atom. The largest absolute Gasteiger partial charge is 0.347 e. The predicted molar refractivity (Wildman–Crippen MR) is 166 cm³/mol. The van der Waals surface area contributed by atoms with Crippen molar-refractivity contribution in [2.24, 2.45) is 4.99 Å². The van der Waals surface area contributed by atoms with Gasteiger partial charge in [-0.15, -0.1) is 11.3 Å². The van der Waals surface area contributed by atoms with Crippen LogP contribution in [0, 0.1) is 6.92 Å². The molecule has 0 bridgehead atoms. The van der Waals surface area contributed by atoms with E-state index in [0.717, 1.165) is 26.6 Å². The highest BCUT2D eigenvalue weighted by Gasteiger charge is 2.39. The number of benzene rings is 3. The molecule has 0 unspecified atom stereocenters. The first kappa shape index (κ1) is 25.6. The van der Waals surface area contributed by atoms with Crippen molar-refractivity contribution < 1.29 is 4.79 Å². The minimum absolute atomic E-state index is 0.00449. The first-order valence-electron chi connectivity index (χ1n) is 13.1. The van der Waals surface area contributed by atoms with Gasteiger partial charge in [0.25, 0.3) is 5.91 Å². The number of hydrogen-bond donors (Lipinski definition) is 0. The summed E-state index contributed by atoms with van der Waals surface area (Å²) in [5.41, 5.74) is 7.67. The first-order valence-corrected chi connectivity index (χ1v) is 14.7. The number of carbonyl (C=O) groups is 1. The number of carbonyl (C=O) groups excluding carboxylic acids is 1. The van der Waals surface area contributed by atoms with Crippen LogP contribution in [0.2, 0.25) is 0 Å². The van der Waals surface area contributed by atoms with Crippen LogP contribution >= 0.6 is 23.1 Å². The Kier molecular flexibility index (Phi) is 6.44. The molecular formula is C32H30N4OS2. The van der Waals surface area contributed by atoms with E-state index in [9.17, 15) is 4.79 Å². The molecule has 0 atom stereocenters. The lowest BCUT2D eigenvalue weighted by Gasteiger charge is -2.23. The quantitative estimate of drug-likeness (QED) is 0.241. The van der Waals surface area contributed by atoms with Crippen molar-refractivity contribution in [3.63, 3.8) is 0 Å². The van der Waals surface area contributed by atoms with Gasteiger partial charge in [-0.1, -0.05) is 50.2 Å². The fourth-order valence-electron chi connectivity index (χ4n) is 5.39. The fraction of sp³-hybridized carbons (Fsp3) is 0.219. The Balaban J connectivity index is 1.31. The number of likely N-dealkylation sites (N-methyl/N-ethyl adjacent to an activating group) is 2. The highest BCUT2D eigenvalue weighted by atomic mass is 32.2. The molecule has 4 aromatic rings. The van der Waals surface area contributed by atoms with Crippen LogP contribution in [-0.4, -0.2) is 34.6 Å². The second-order valence-electron chi connectivity index (χ2n) is 10.3. The van der Waals surface area contributed by atoms with Crippen molar-refractivity contribution in [2.45, 2.75) is 33.1 Å². The second-order valence-corrected chi connectivity index (χ2v) is 12.5. The summed E-state index contributed by atoms with van der Waals surface area (Å²) in [5, 5.41) is 1.74. The van der Waals surface area contributed by atoms with Crippen LogP contribution in [-0.2, 0) is 10.2 Å². The monoisotopic (exact) mass is 550 g/mol. The number of fused-ring (bicyclic) bond motifs is 2. The third-order valence-corrected chi connectivity index (χ3v) is 9.40. The predicted octanol–water partition coefficient (Wildman–Crippen LogP) is 8.05. The van der Waals surface area contributed by atoms with Gasteiger partial charge in [0.05, 0.1) is 25.8 Å². The zero-order valence-electron chi connectivity index (χ0n) is 22.7. The average molecular weight is 551 g/mol. The molecule has 39 heavy (non-hydrogen) atoms. The molecule has 1 amide bonds. The van der Waals surface area contributed by atoms with Crippen molar-refractivity contribution >= 4 is 55.8 Å². The number of allylic oxidation sites excluding steroid dienone is 3. The van der Waals surface area contributed by atoms with E-state index in [-0.39, 0.29) is 11.3 Å². The summed E-state index contributed by atoms with van der Waals surface area (Å²) in [5.74, 6) is -0.00449. The molecule has 0 radical (unpaired) electrons. The van der Waals surface area contributed by atoms with E-state index in [1.807, 2.05) is 44.2 Å². The van der Waals surface area contributed by atoms with Crippen molar-refractivity contribution in [3.05, 3.63) is 100 Å². The second kappa shape index (κ2) is 9.81. The van der Waals surface area contributed by atoms with E-state index in [2.05, 4.69) is 79.3 Å². The van der Waals surface area contributed by atoms with E-state index in [0.29, 0.717) is 16.6 Å². The molecular weight excluding hydrogens is 521 g/mol. The Hall–Kier alpha value is -3.68. The fourth-order valence-corrected chi connectivity index (χ4v) is 7.26. The Bertz CT molecular complexity index is 1700. The van der Waals surface area contributed by atoms with Gasteiger partial charge < -0.3 is 4.90 Å². The number of thioether (sulfide) groups is 1. The van der Waals surface area contributed by atoms with Gasteiger partial charge in [0, 0.05) is 30.4 Å². The average Bonchev–Trinajstić information content (AvgIpc) is 3.51. The zero-order valence-corrected chi connectivity index (χ0v) is 24.4. The van der Waals surface area contributed by atoms with Gasteiger partial charge in [-0.05, 0) is 84.8 Å². The lowest BCUT2D eigenvalue weighted by Crippen LogP contribution is -2.28. The molecule has 3 aromatic carbocycles. The van der Waals surface area contributed by atoms with Crippen molar-refractivity contribution in [3.8, 4) is 11.1 Å². The normalized spacial score (nSPS) is 19.7. The number of thiazole rings is 1. The summed E-state index contributed by atoms with van der Waals surface area (Å²) in [7, 11) is 2.10. The van der Waals surface area contributed by atoms with E-state index >= 15 is 0 Å². The Morgan fingerprint density at radius 1 is 1.00 bits per heavy atom. The molecule has 196 valence electrons. The van der Waals surface area contributed by atoms with Crippen LogP contribution in [0.5, 0.6) is 0 Å². The maximum absolute atomic E-state index is 13.3. The summed E-state index contributed by atoms with van der Waals surface area (Å²) < 4.78 is 1.11. The zero-order chi connectivity index (χ0) is 27.3. The molecule has 0 aliphatic carbocycles. The van der Waals surface area contributed by atoms with Gasteiger partial charge in [-0.3, -0.25) is 9.69 Å². The molecule has 1 saturated heterocycles. The summed E-state index contributed by atoms with van der Waals surface area (Å²) in [6.45, 7) is 9.07. The number of aliphatic imine (C=N–C) groups is 1. The third-order valence-electron chi connectivity index (χ3n) is 7.44. The molecule has 0 spiro atoms. The summed E-state index contributed by atoms with van der Waals surface area (Å²) in [6, 6.07) is 23.2. The molecule has 0 N–H and O–H groups in total. The summed E-state index contributed by atoms with van der Waals surface area (Å²) in [4.78, 5) is 27.4. The van der Waals surface area contributed by atoms with Crippen LogP contribution in [0.4, 0.5) is 11.4 Å². The van der Waals surface area contributed by atoms with Gasteiger partial charge >= 0.3 is 0 Å². The number of aryl methyl sites for hydroxylation is 1. The van der Waals surface area contributed by atoms with Gasteiger partial charge in [-0.2, -0.15) is 0 Å². The standard InChI is InChI=1S/C32H30N4OS2/c1-6-36-30(37)27(39-31(36)34-23-13-14-25-28(19-23)38-20(2)33-25)16-17-29-32(3,4)24-18-22(12-15-26(24)35(29)5)21-10-8-7-9-11-21/h7-19H,6H2,1-5H3/b27-16-,29-17+,34-31?. The van der Waals surface area contributed by atoms with Crippen molar-refractivity contribution in [2.75, 3.05) is 18.5 Å². The van der Waals surface area contributed by atoms with E-state index in [1.54, 1.807) is 16.2 Å². The maximum atomic E-state index is 13.3. The lowest BCUT2D eigenvalue weighted by atomic mass is 9.82. The first-order chi connectivity index (χ1) is 18.8. The molecule has 1 fully saturated rings. The smallest absolute Gasteiger partial charge is 0.266 e. The van der Waals surface area contributed by atoms with Gasteiger partial charge in [0.1, 0.15) is 0 Å². The number of amidine groups is 1. The van der Waals surface area contributed by atoms with Crippen LogP contribution in [0.3, 0.4) is 0 Å². The topological polar surface area (TPSA) is 48.8 Å². The molecule has 2 aliphatic heterocycles. The van der Waals surface area contributed by atoms with Crippen molar-refractivity contribution in [1.82, 2.24) is 9.88 Å². The third kappa shape index (κ3) is 4.49. The number of nitrogens with zero attached hydrogens (tertiary/aromatic N) is 4. The molecule has 2 aliphatic rings. The summed E-state index contributed by atoms with van der Waals surface area (Å²) >= 11 is 3.09. The highest BCUT2D eigenvalue weighted by molar-refractivity contribution is 8.18. The summed E-state index contributed by atoms with van der Waals surface area (Å²) in [6.07, 6.45) is 4.07. The number of rotatable bonds is 4.